The number of amidine groups is 1. The van der Waals surface area contributed by atoms with E-state index in [1.54, 1.807) is 25.3 Å². The van der Waals surface area contributed by atoms with Gasteiger partial charge >= 0.3 is 0 Å². The second kappa shape index (κ2) is 5.22. The number of nitrogens with one attached hydrogen (secondary N) is 1. The number of hydrogen-bond donors (Lipinski definition) is 1. The molecule has 1 N–H and O–H groups in total. The number of nitrogens with zero attached hydrogens (tertiary/aromatic N) is 2. The van der Waals surface area contributed by atoms with Crippen molar-refractivity contribution in [2.45, 2.75) is 13.8 Å². The molecule has 2 aromatic carbocycles. The van der Waals surface area contributed by atoms with Crippen molar-refractivity contribution in [1.29, 1.82) is 0 Å². The third kappa shape index (κ3) is 2.22. The van der Waals surface area contributed by atoms with E-state index in [1.165, 1.54) is 0 Å². The fourth-order valence-electron chi connectivity index (χ4n) is 2.36. The molecule has 22 heavy (non-hydrogen) atoms. The first-order valence-corrected chi connectivity index (χ1v) is 6.84. The number of aryl methyl sites for hydroxylation is 2. The van der Waals surface area contributed by atoms with Gasteiger partial charge in [-0.3, -0.25) is 20.0 Å². The van der Waals surface area contributed by atoms with Gasteiger partial charge in [0.25, 0.3) is 0 Å². The molecule has 6 heteroatoms. The molecule has 0 radical (unpaired) electrons. The molecule has 0 bridgehead atoms. The molecule has 0 saturated carbocycles. The molecule has 3 rings (SSSR count). The number of methoxy groups -OCH3 is 1. The molecule has 0 unspecified atom stereocenters. The van der Waals surface area contributed by atoms with Gasteiger partial charge in [-0.1, -0.05) is 0 Å². The summed E-state index contributed by atoms with van der Waals surface area (Å²) in [6.45, 7) is 4.24. The normalized spacial score (nSPS) is 14.0. The van der Waals surface area contributed by atoms with Gasteiger partial charge in [0.1, 0.15) is 11.6 Å². The van der Waals surface area contributed by atoms with Crippen LogP contribution in [0.5, 0.6) is 0 Å². The first-order valence-electron chi connectivity index (χ1n) is 6.84. The summed E-state index contributed by atoms with van der Waals surface area (Å²) in [6, 6.07) is 3.48. The van der Waals surface area contributed by atoms with E-state index in [0.29, 0.717) is 28.9 Å². The molecule has 0 aromatic heterocycles. The number of aliphatic imine (C=N–C) groups is 1. The average molecular weight is 297 g/mol. The smallest absolute Gasteiger partial charge is 0.217 e. The predicted molar refractivity (Wildman–Crippen MR) is 84.4 cm³/mol. The van der Waals surface area contributed by atoms with Crippen molar-refractivity contribution in [3.63, 3.8) is 0 Å². The van der Waals surface area contributed by atoms with E-state index in [-0.39, 0.29) is 16.2 Å². The predicted octanol–water partition coefficient (Wildman–Crippen LogP) is 0.400. The van der Waals surface area contributed by atoms with E-state index in [1.807, 2.05) is 13.8 Å². The molecule has 1 heterocycles. The van der Waals surface area contributed by atoms with Crippen molar-refractivity contribution in [3.8, 4) is 0 Å². The molecule has 6 nitrogen and oxygen atoms in total. The van der Waals surface area contributed by atoms with Crippen LogP contribution in [-0.2, 0) is 4.74 Å². The van der Waals surface area contributed by atoms with E-state index in [2.05, 4.69) is 15.5 Å². The second-order valence-corrected chi connectivity index (χ2v) is 5.23. The Morgan fingerprint density at radius 2 is 1.73 bits per heavy atom. The maximum absolute atomic E-state index is 12.3. The Kier molecular flexibility index (Phi) is 3.36. The summed E-state index contributed by atoms with van der Waals surface area (Å²) >= 11 is 0. The topological polar surface area (TPSA) is 80.1 Å². The minimum atomic E-state index is -0.356. The molecule has 2 aromatic rings. The zero-order valence-corrected chi connectivity index (χ0v) is 12.6. The number of hydrogen-bond acceptors (Lipinski definition) is 6. The third-order valence-electron chi connectivity index (χ3n) is 3.80. The van der Waals surface area contributed by atoms with Gasteiger partial charge in [0.2, 0.25) is 10.9 Å². The summed E-state index contributed by atoms with van der Waals surface area (Å²) in [5, 5.41) is 4.66. The van der Waals surface area contributed by atoms with Crippen LogP contribution in [0.4, 0.5) is 0 Å². The summed E-state index contributed by atoms with van der Waals surface area (Å²) in [7, 11) is 1.56. The molecule has 0 amide bonds. The van der Waals surface area contributed by atoms with Crippen molar-refractivity contribution in [3.05, 3.63) is 60.9 Å². The minimum Gasteiger partial charge on any atom is -0.499 e. The number of benzene rings is 1. The van der Waals surface area contributed by atoms with Crippen molar-refractivity contribution < 1.29 is 4.74 Å². The maximum atomic E-state index is 12.3. The van der Waals surface area contributed by atoms with Crippen molar-refractivity contribution in [2.75, 3.05) is 13.7 Å². The van der Waals surface area contributed by atoms with Gasteiger partial charge < -0.3 is 4.74 Å². The second-order valence-electron chi connectivity index (χ2n) is 5.23. The SMILES string of the molecule is COC1=CC(NN=c2c(=O)c3cc(C)c(C)cc3c2=O)=NC1. The molecule has 0 atom stereocenters. The molecular formula is C16H15N3O3. The van der Waals surface area contributed by atoms with E-state index in [0.717, 1.165) is 11.1 Å². The van der Waals surface area contributed by atoms with Gasteiger partial charge in [-0.15, -0.1) is 0 Å². The zero-order valence-electron chi connectivity index (χ0n) is 12.6. The van der Waals surface area contributed by atoms with Crippen molar-refractivity contribution >= 4 is 16.6 Å². The lowest BCUT2D eigenvalue weighted by molar-refractivity contribution is 0.290. The lowest BCUT2D eigenvalue weighted by atomic mass is 10.1. The third-order valence-corrected chi connectivity index (χ3v) is 3.80. The number of rotatable bonds is 2. The van der Waals surface area contributed by atoms with Crippen molar-refractivity contribution in [2.24, 2.45) is 10.1 Å². The van der Waals surface area contributed by atoms with Crippen LogP contribution in [0, 0.1) is 13.8 Å². The van der Waals surface area contributed by atoms with E-state index in [4.69, 9.17) is 4.74 Å². The Hall–Kier alpha value is -2.76. The number of ether oxygens (including phenoxy) is 1. The Bertz CT molecular complexity index is 921. The van der Waals surface area contributed by atoms with Crippen LogP contribution < -0.4 is 21.6 Å². The molecule has 1 aliphatic rings. The first kappa shape index (κ1) is 14.2. The van der Waals surface area contributed by atoms with Crippen LogP contribution in [0.3, 0.4) is 0 Å². The van der Waals surface area contributed by atoms with Gasteiger partial charge in [0.15, 0.2) is 5.36 Å². The molecule has 0 saturated heterocycles. The monoisotopic (exact) mass is 297 g/mol. The minimum absolute atomic E-state index is 0.109. The highest BCUT2D eigenvalue weighted by Crippen LogP contribution is 2.12. The van der Waals surface area contributed by atoms with Crippen LogP contribution in [0.15, 0.2) is 43.7 Å². The Balaban J connectivity index is 2.09. The molecular weight excluding hydrogens is 282 g/mol. The van der Waals surface area contributed by atoms with Gasteiger partial charge in [-0.25, -0.2) is 0 Å². The zero-order chi connectivity index (χ0) is 15.9. The van der Waals surface area contributed by atoms with Crippen LogP contribution in [0.2, 0.25) is 0 Å². The summed E-state index contributed by atoms with van der Waals surface area (Å²) in [5.41, 5.74) is 3.89. The van der Waals surface area contributed by atoms with Gasteiger partial charge in [0, 0.05) is 16.8 Å². The largest absolute Gasteiger partial charge is 0.499 e. The summed E-state index contributed by atoms with van der Waals surface area (Å²) < 4.78 is 5.06. The van der Waals surface area contributed by atoms with E-state index < -0.39 is 0 Å². The van der Waals surface area contributed by atoms with Crippen molar-refractivity contribution in [1.82, 2.24) is 5.43 Å². The lowest BCUT2D eigenvalue weighted by Crippen LogP contribution is -2.35. The molecule has 1 aliphatic heterocycles. The van der Waals surface area contributed by atoms with Crippen LogP contribution in [-0.4, -0.2) is 19.5 Å². The quantitative estimate of drug-likeness (QED) is 0.814. The summed E-state index contributed by atoms with van der Waals surface area (Å²) in [5.74, 6) is 1.16. The van der Waals surface area contributed by atoms with E-state index in [9.17, 15) is 9.59 Å². The van der Waals surface area contributed by atoms with E-state index >= 15 is 0 Å². The summed E-state index contributed by atoms with van der Waals surface area (Å²) in [4.78, 5) is 28.8. The fourth-order valence-corrected chi connectivity index (χ4v) is 2.36. The van der Waals surface area contributed by atoms with Gasteiger partial charge in [-0.2, -0.15) is 5.10 Å². The highest BCUT2D eigenvalue weighted by molar-refractivity contribution is 5.95. The standard InChI is InChI=1S/C16H15N3O3/c1-8-4-11-12(5-9(8)2)16(21)14(15(11)20)19-18-13-6-10(22-3)7-17-13/h4-6H,7H2,1-3H3,(H,17,18). The summed E-state index contributed by atoms with van der Waals surface area (Å²) in [6.07, 6.45) is 1.68. The lowest BCUT2D eigenvalue weighted by Gasteiger charge is -1.97. The number of fused-ring (bicyclic) bond motifs is 1. The van der Waals surface area contributed by atoms with Gasteiger partial charge in [-0.05, 0) is 37.1 Å². The maximum Gasteiger partial charge on any atom is 0.217 e. The van der Waals surface area contributed by atoms with Crippen LogP contribution in [0.25, 0.3) is 10.8 Å². The Morgan fingerprint density at radius 1 is 1.14 bits per heavy atom. The first-order chi connectivity index (χ1) is 10.5. The highest BCUT2D eigenvalue weighted by atomic mass is 16.5. The fraction of sp³-hybridized carbons (Fsp3) is 0.250. The molecule has 0 spiro atoms. The molecule has 0 fully saturated rings. The molecule has 0 aliphatic carbocycles. The molecule has 112 valence electrons. The Labute approximate surface area is 126 Å². The van der Waals surface area contributed by atoms with Gasteiger partial charge in [0.05, 0.1) is 13.7 Å². The Morgan fingerprint density at radius 3 is 2.23 bits per heavy atom. The highest BCUT2D eigenvalue weighted by Gasteiger charge is 2.13. The van der Waals surface area contributed by atoms with Crippen LogP contribution >= 0.6 is 0 Å². The average Bonchev–Trinajstić information content (AvgIpc) is 3.04. The van der Waals surface area contributed by atoms with Crippen LogP contribution in [0.1, 0.15) is 11.1 Å².